The van der Waals surface area contributed by atoms with Gasteiger partial charge in [-0.2, -0.15) is 0 Å². The molecular formula is C9H16N4O3. The van der Waals surface area contributed by atoms with Crippen molar-refractivity contribution in [3.8, 4) is 0 Å². The summed E-state index contributed by atoms with van der Waals surface area (Å²) in [5.74, 6) is 0.479. The first-order valence-electron chi connectivity index (χ1n) is 5.04. The minimum Gasteiger partial charge on any atom is -0.453 e. The predicted molar refractivity (Wildman–Crippen MR) is 57.2 cm³/mol. The summed E-state index contributed by atoms with van der Waals surface area (Å²) in [6.45, 7) is 1.95. The second-order valence-corrected chi connectivity index (χ2v) is 3.20. The maximum absolute atomic E-state index is 11.0. The number of ether oxygens (including phenoxy) is 1. The van der Waals surface area contributed by atoms with Gasteiger partial charge in [-0.3, -0.25) is 0 Å². The number of amides is 1. The maximum atomic E-state index is 11.0. The van der Waals surface area contributed by atoms with E-state index < -0.39 is 6.09 Å². The van der Waals surface area contributed by atoms with Gasteiger partial charge in [0.15, 0.2) is 0 Å². The highest BCUT2D eigenvalue weighted by molar-refractivity contribution is 5.67. The number of rotatable bonds is 5. The molecule has 0 bridgehead atoms. The Hall–Kier alpha value is -1.79. The molecule has 7 heteroatoms. The molecule has 1 aromatic heterocycles. The lowest BCUT2D eigenvalue weighted by molar-refractivity contribution is 0.165. The van der Waals surface area contributed by atoms with Gasteiger partial charge in [0.1, 0.15) is 0 Å². The zero-order valence-electron chi connectivity index (χ0n) is 9.61. The molecule has 1 atom stereocenters. The molecule has 0 aliphatic rings. The van der Waals surface area contributed by atoms with E-state index in [1.54, 1.807) is 7.05 Å². The van der Waals surface area contributed by atoms with Crippen molar-refractivity contribution in [1.29, 1.82) is 0 Å². The molecule has 0 radical (unpaired) electrons. The largest absolute Gasteiger partial charge is 0.453 e. The van der Waals surface area contributed by atoms with Crippen molar-refractivity contribution < 1.29 is 13.9 Å². The van der Waals surface area contributed by atoms with Crippen molar-refractivity contribution in [2.24, 2.45) is 0 Å². The summed E-state index contributed by atoms with van der Waals surface area (Å²) in [5, 5.41) is 13.0. The molecule has 0 saturated carbocycles. The van der Waals surface area contributed by atoms with Gasteiger partial charge in [0, 0.05) is 19.5 Å². The lowest BCUT2D eigenvalue weighted by Gasteiger charge is -2.13. The average Bonchev–Trinajstić information content (AvgIpc) is 2.75. The molecular weight excluding hydrogens is 212 g/mol. The van der Waals surface area contributed by atoms with Crippen LogP contribution in [0.2, 0.25) is 0 Å². The lowest BCUT2D eigenvalue weighted by Crippen LogP contribution is -2.35. The Labute approximate surface area is 93.6 Å². The number of methoxy groups -OCH3 is 1. The van der Waals surface area contributed by atoms with Crippen LogP contribution < -0.4 is 10.6 Å². The minimum absolute atomic E-state index is 0.0717. The van der Waals surface area contributed by atoms with Crippen LogP contribution in [0.3, 0.4) is 0 Å². The van der Waals surface area contributed by atoms with Crippen molar-refractivity contribution in [3.05, 3.63) is 5.89 Å². The van der Waals surface area contributed by atoms with Gasteiger partial charge in [-0.1, -0.05) is 12.0 Å². The molecule has 1 heterocycles. The summed E-state index contributed by atoms with van der Waals surface area (Å²) in [5.41, 5.74) is 0. The van der Waals surface area contributed by atoms with Gasteiger partial charge in [0.2, 0.25) is 5.89 Å². The number of carbonyl (C=O) groups excluding carboxylic acids is 1. The molecule has 90 valence electrons. The zero-order valence-corrected chi connectivity index (χ0v) is 9.61. The van der Waals surface area contributed by atoms with Crippen LogP contribution in [0.4, 0.5) is 10.8 Å². The molecule has 2 N–H and O–H groups in total. The van der Waals surface area contributed by atoms with E-state index in [0.717, 1.165) is 6.42 Å². The number of nitrogens with zero attached hydrogens (tertiary/aromatic N) is 2. The summed E-state index contributed by atoms with van der Waals surface area (Å²) >= 11 is 0. The van der Waals surface area contributed by atoms with E-state index in [1.165, 1.54) is 7.11 Å². The molecule has 16 heavy (non-hydrogen) atoms. The predicted octanol–water partition coefficient (Wildman–Crippen LogP) is 0.788. The topological polar surface area (TPSA) is 89.3 Å². The fraction of sp³-hybridized carbons (Fsp3) is 0.667. The second-order valence-electron chi connectivity index (χ2n) is 3.20. The molecule has 0 aliphatic carbocycles. The first-order valence-corrected chi connectivity index (χ1v) is 5.04. The van der Waals surface area contributed by atoms with E-state index in [4.69, 9.17) is 4.42 Å². The van der Waals surface area contributed by atoms with Gasteiger partial charge in [-0.15, -0.1) is 5.10 Å². The Bertz CT molecular complexity index is 339. The first kappa shape index (κ1) is 12.3. The number of nitrogens with one attached hydrogen (secondary N) is 2. The Morgan fingerprint density at radius 3 is 2.81 bits per heavy atom. The summed E-state index contributed by atoms with van der Waals surface area (Å²) in [7, 11) is 3.02. The molecule has 1 amide bonds. The third kappa shape index (κ3) is 3.41. The van der Waals surface area contributed by atoms with E-state index in [0.29, 0.717) is 18.3 Å². The molecule has 0 aromatic carbocycles. The van der Waals surface area contributed by atoms with Crippen molar-refractivity contribution >= 4 is 12.1 Å². The molecule has 7 nitrogen and oxygen atoms in total. The Morgan fingerprint density at radius 2 is 2.31 bits per heavy atom. The number of anilines is 1. The molecule has 0 saturated heterocycles. The molecule has 0 fully saturated rings. The van der Waals surface area contributed by atoms with Gasteiger partial charge in [-0.05, 0) is 6.42 Å². The molecule has 1 unspecified atom stereocenters. The molecule has 1 rings (SSSR count). The third-order valence-electron chi connectivity index (χ3n) is 2.10. The lowest BCUT2D eigenvalue weighted by atomic mass is 10.1. The van der Waals surface area contributed by atoms with Crippen LogP contribution >= 0.6 is 0 Å². The van der Waals surface area contributed by atoms with E-state index >= 15 is 0 Å². The maximum Gasteiger partial charge on any atom is 0.407 e. The van der Waals surface area contributed by atoms with Crippen LogP contribution in [-0.4, -0.2) is 36.5 Å². The van der Waals surface area contributed by atoms with E-state index in [9.17, 15) is 4.79 Å². The van der Waals surface area contributed by atoms with E-state index in [2.05, 4.69) is 25.6 Å². The number of alkyl carbamates (subject to hydrolysis) is 1. The SMILES string of the molecule is CCC(Cc1nnc(NC)o1)NC(=O)OC. The molecule has 0 aliphatic heterocycles. The van der Waals surface area contributed by atoms with Crippen LogP contribution in [0.15, 0.2) is 4.42 Å². The molecule has 1 aromatic rings. The Kier molecular flexibility index (Phi) is 4.56. The fourth-order valence-corrected chi connectivity index (χ4v) is 1.17. The standard InChI is InChI=1S/C9H16N4O3/c1-4-6(11-9(14)15-3)5-7-12-13-8(10-2)16-7/h6H,4-5H2,1-3H3,(H,10,13)(H,11,14). The van der Waals surface area contributed by atoms with Gasteiger partial charge in [0.25, 0.3) is 0 Å². The van der Waals surface area contributed by atoms with E-state index in [1.807, 2.05) is 6.92 Å². The first-order chi connectivity index (χ1) is 7.69. The quantitative estimate of drug-likeness (QED) is 0.774. The van der Waals surface area contributed by atoms with Gasteiger partial charge in [0.05, 0.1) is 7.11 Å². The highest BCUT2D eigenvalue weighted by Crippen LogP contribution is 2.08. The van der Waals surface area contributed by atoms with Crippen molar-refractivity contribution in [2.75, 3.05) is 19.5 Å². The van der Waals surface area contributed by atoms with Crippen LogP contribution in [0, 0.1) is 0 Å². The zero-order chi connectivity index (χ0) is 12.0. The Morgan fingerprint density at radius 1 is 1.56 bits per heavy atom. The van der Waals surface area contributed by atoms with E-state index in [-0.39, 0.29) is 6.04 Å². The second kappa shape index (κ2) is 5.94. The van der Waals surface area contributed by atoms with Crippen LogP contribution in [0.5, 0.6) is 0 Å². The number of carbonyl (C=O) groups is 1. The highest BCUT2D eigenvalue weighted by Gasteiger charge is 2.15. The summed E-state index contributed by atoms with van der Waals surface area (Å²) in [6.07, 6.45) is 0.785. The van der Waals surface area contributed by atoms with Crippen LogP contribution in [0.1, 0.15) is 19.2 Å². The number of hydrogen-bond donors (Lipinski definition) is 2. The number of aromatic nitrogens is 2. The van der Waals surface area contributed by atoms with Gasteiger partial charge in [-0.25, -0.2) is 4.79 Å². The van der Waals surface area contributed by atoms with Crippen molar-refractivity contribution in [1.82, 2.24) is 15.5 Å². The monoisotopic (exact) mass is 228 g/mol. The normalized spacial score (nSPS) is 11.9. The summed E-state index contributed by atoms with van der Waals surface area (Å²) in [6, 6.07) is 0.292. The number of hydrogen-bond acceptors (Lipinski definition) is 6. The summed E-state index contributed by atoms with van der Waals surface area (Å²) in [4.78, 5) is 11.0. The third-order valence-corrected chi connectivity index (χ3v) is 2.10. The average molecular weight is 228 g/mol. The van der Waals surface area contributed by atoms with Crippen LogP contribution in [0.25, 0.3) is 0 Å². The van der Waals surface area contributed by atoms with Crippen molar-refractivity contribution in [2.45, 2.75) is 25.8 Å². The van der Waals surface area contributed by atoms with Crippen LogP contribution in [-0.2, 0) is 11.2 Å². The summed E-state index contributed by atoms with van der Waals surface area (Å²) < 4.78 is 9.77. The smallest absolute Gasteiger partial charge is 0.407 e. The van der Waals surface area contributed by atoms with Gasteiger partial charge < -0.3 is 19.8 Å². The molecule has 0 spiro atoms. The fourth-order valence-electron chi connectivity index (χ4n) is 1.17. The van der Waals surface area contributed by atoms with Crippen molar-refractivity contribution in [3.63, 3.8) is 0 Å². The minimum atomic E-state index is -0.458. The van der Waals surface area contributed by atoms with Gasteiger partial charge >= 0.3 is 12.1 Å². The Balaban J connectivity index is 2.52. The highest BCUT2D eigenvalue weighted by atomic mass is 16.5.